The zero-order chi connectivity index (χ0) is 34.6. The molecule has 2 aromatic rings. The lowest BCUT2D eigenvalue weighted by Gasteiger charge is -2.29. The minimum absolute atomic E-state index is 0.0468. The number of benzene rings is 1. The van der Waals surface area contributed by atoms with E-state index in [1.165, 1.54) is 7.11 Å². The normalized spacial score (nSPS) is 27.2. The van der Waals surface area contributed by atoms with Crippen molar-refractivity contribution in [2.75, 3.05) is 20.3 Å². The average molecular weight is 683 g/mol. The molecule has 2 fully saturated rings. The number of amides is 1. The zero-order valence-corrected chi connectivity index (χ0v) is 29.3. The fraction of sp³-hybridized carbons (Fsp3) is 0.595. The van der Waals surface area contributed by atoms with E-state index in [2.05, 4.69) is 11.1 Å². The fourth-order valence-corrected chi connectivity index (χ4v) is 7.26. The van der Waals surface area contributed by atoms with E-state index in [0.717, 1.165) is 25.7 Å². The Kier molecular flexibility index (Phi) is 11.0. The van der Waals surface area contributed by atoms with Crippen LogP contribution in [0.4, 0.5) is 0 Å². The Morgan fingerprint density at radius 2 is 1.94 bits per heavy atom. The van der Waals surface area contributed by atoms with Crippen LogP contribution in [0.1, 0.15) is 85.5 Å². The molecule has 1 aromatic carbocycles. The average Bonchev–Trinajstić information content (AvgIpc) is 3.55. The second-order valence-corrected chi connectivity index (χ2v) is 14.6. The van der Waals surface area contributed by atoms with Crippen molar-refractivity contribution in [2.45, 2.75) is 103 Å². The van der Waals surface area contributed by atoms with Gasteiger partial charge in [0.2, 0.25) is 11.8 Å². The van der Waals surface area contributed by atoms with Crippen LogP contribution in [0.15, 0.2) is 36.4 Å². The summed E-state index contributed by atoms with van der Waals surface area (Å²) in [6.07, 6.45) is 8.03. The van der Waals surface area contributed by atoms with Gasteiger partial charge in [0.15, 0.2) is 5.78 Å². The Hall–Kier alpha value is -3.66. The topological polar surface area (TPSA) is 121 Å². The highest BCUT2D eigenvalue weighted by Gasteiger charge is 2.61. The Morgan fingerprint density at radius 1 is 1.15 bits per heavy atom. The summed E-state index contributed by atoms with van der Waals surface area (Å²) < 4.78 is 23.1. The summed E-state index contributed by atoms with van der Waals surface area (Å²) in [5.74, 6) is -1.31. The van der Waals surface area contributed by atoms with Gasteiger partial charge in [0.1, 0.15) is 17.5 Å². The molecule has 3 heterocycles. The number of halogens is 1. The Bertz CT molecular complexity index is 1570. The largest absolute Gasteiger partial charge is 0.488 e. The molecule has 11 heteroatoms. The maximum Gasteiger partial charge on any atom is 0.312 e. The molecule has 0 N–H and O–H groups in total. The molecule has 5 atom stereocenters. The monoisotopic (exact) mass is 682 g/mol. The Morgan fingerprint density at radius 3 is 2.67 bits per heavy atom. The summed E-state index contributed by atoms with van der Waals surface area (Å²) in [6.45, 7) is 7.76. The molecule has 48 heavy (non-hydrogen) atoms. The fourth-order valence-electron chi connectivity index (χ4n) is 7.04. The van der Waals surface area contributed by atoms with E-state index in [9.17, 15) is 19.2 Å². The maximum atomic E-state index is 14.4. The van der Waals surface area contributed by atoms with Crippen molar-refractivity contribution in [3.8, 4) is 11.6 Å². The third-order valence-electron chi connectivity index (χ3n) is 9.42. The van der Waals surface area contributed by atoms with E-state index in [-0.39, 0.29) is 43.4 Å². The molecular formula is C37H47ClN2O8. The summed E-state index contributed by atoms with van der Waals surface area (Å²) >= 11 is 6.50. The van der Waals surface area contributed by atoms with Crippen LogP contribution in [-0.2, 0) is 28.7 Å². The number of pyridine rings is 1. The molecule has 5 rings (SSSR count). The van der Waals surface area contributed by atoms with E-state index >= 15 is 0 Å². The second-order valence-electron chi connectivity index (χ2n) is 14.2. The predicted molar refractivity (Wildman–Crippen MR) is 181 cm³/mol. The summed E-state index contributed by atoms with van der Waals surface area (Å²) in [6, 6.07) is 6.24. The SMILES string of the molecule is CCOc1cc(O[C@@H]2C[C@H]3C(=O)C[C@]4(C(=O)OC)C[C@H]4/C=C\CCCCC[C@H](CC(=O)OC(C)(C)C)C(=O)N3C2)c2cccc(Cl)c2n1. The number of rotatable bonds is 7. The highest BCUT2D eigenvalue weighted by molar-refractivity contribution is 6.35. The standard InChI is InChI=1S/C37H47ClN2O8/c1-6-46-31-19-30(26-15-12-16-27(38)33(26)39-31)47-25-18-28-29(41)21-37(35(44)45-5)20-24(37)14-11-9-7-8-10-13-23(34(43)40(28)22-25)17-32(42)48-36(2,3)4/h11-12,14-16,19,23-25,28H,6-10,13,17-18,20-22H2,1-5H3/b14-11-/t23-,24-,25-,28+,37-/m1/s1. The number of carbonyl (C=O) groups excluding carboxylic acids is 4. The van der Waals surface area contributed by atoms with E-state index < -0.39 is 41.0 Å². The molecule has 1 aliphatic carbocycles. The number of nitrogens with zero attached hydrogens (tertiary/aromatic N) is 2. The van der Waals surface area contributed by atoms with Crippen LogP contribution in [0.25, 0.3) is 10.9 Å². The van der Waals surface area contributed by atoms with Crippen molar-refractivity contribution in [3.05, 3.63) is 41.4 Å². The molecule has 1 saturated carbocycles. The van der Waals surface area contributed by atoms with E-state index in [4.69, 9.17) is 30.5 Å². The molecule has 0 bridgehead atoms. The number of hydrogen-bond donors (Lipinski definition) is 0. The van der Waals surface area contributed by atoms with E-state index in [0.29, 0.717) is 47.0 Å². The molecule has 0 unspecified atom stereocenters. The van der Waals surface area contributed by atoms with Gasteiger partial charge in [-0.2, -0.15) is 0 Å². The Balaban J connectivity index is 1.48. The maximum absolute atomic E-state index is 14.4. The first kappa shape index (κ1) is 35.6. The Labute approximate surface area is 287 Å². The lowest BCUT2D eigenvalue weighted by molar-refractivity contribution is -0.159. The molecule has 1 amide bonds. The second kappa shape index (κ2) is 14.8. The summed E-state index contributed by atoms with van der Waals surface area (Å²) in [5, 5.41) is 1.11. The van der Waals surface area contributed by atoms with Gasteiger partial charge in [-0.1, -0.05) is 42.7 Å². The first-order valence-electron chi connectivity index (χ1n) is 17.0. The molecule has 1 aromatic heterocycles. The minimum atomic E-state index is -0.948. The van der Waals surface area contributed by atoms with Crippen molar-refractivity contribution < 1.29 is 38.1 Å². The number of ketones is 1. The quantitative estimate of drug-likeness (QED) is 0.234. The molecule has 1 saturated heterocycles. The summed E-state index contributed by atoms with van der Waals surface area (Å²) in [4.78, 5) is 60.9. The number of fused-ring (bicyclic) bond motifs is 3. The van der Waals surface area contributed by atoms with Crippen molar-refractivity contribution in [1.29, 1.82) is 0 Å². The molecular weight excluding hydrogens is 636 g/mol. The van der Waals surface area contributed by atoms with Gasteiger partial charge in [0.25, 0.3) is 0 Å². The molecule has 260 valence electrons. The lowest BCUT2D eigenvalue weighted by Crippen LogP contribution is -2.45. The smallest absolute Gasteiger partial charge is 0.312 e. The van der Waals surface area contributed by atoms with Gasteiger partial charge < -0.3 is 23.8 Å². The van der Waals surface area contributed by atoms with Crippen molar-refractivity contribution >= 4 is 46.1 Å². The number of carbonyl (C=O) groups is 4. The van der Waals surface area contributed by atoms with Crippen LogP contribution in [0.3, 0.4) is 0 Å². The number of esters is 2. The van der Waals surface area contributed by atoms with E-state index in [1.807, 2.05) is 19.1 Å². The molecule has 10 nitrogen and oxygen atoms in total. The van der Waals surface area contributed by atoms with Crippen LogP contribution in [0.5, 0.6) is 11.6 Å². The van der Waals surface area contributed by atoms with Gasteiger partial charge in [-0.25, -0.2) is 4.98 Å². The number of ether oxygens (including phenoxy) is 4. The van der Waals surface area contributed by atoms with E-state index in [1.54, 1.807) is 43.9 Å². The van der Waals surface area contributed by atoms with Crippen LogP contribution < -0.4 is 9.47 Å². The van der Waals surface area contributed by atoms with Gasteiger partial charge >= 0.3 is 11.9 Å². The molecule has 3 aliphatic rings. The van der Waals surface area contributed by atoms with Crippen LogP contribution in [-0.4, -0.2) is 71.5 Å². The number of aromatic nitrogens is 1. The first-order valence-corrected chi connectivity index (χ1v) is 17.4. The van der Waals surface area contributed by atoms with Gasteiger partial charge in [-0.3, -0.25) is 19.2 Å². The van der Waals surface area contributed by atoms with Crippen LogP contribution >= 0.6 is 11.6 Å². The third-order valence-corrected chi connectivity index (χ3v) is 9.73. The number of hydrogen-bond acceptors (Lipinski definition) is 9. The van der Waals surface area contributed by atoms with Gasteiger partial charge in [0.05, 0.1) is 48.7 Å². The molecule has 0 radical (unpaired) electrons. The highest BCUT2D eigenvalue weighted by Crippen LogP contribution is 2.57. The van der Waals surface area contributed by atoms with Crippen LogP contribution in [0.2, 0.25) is 5.02 Å². The summed E-state index contributed by atoms with van der Waals surface area (Å²) in [5.41, 5.74) is -1.13. The number of methoxy groups -OCH3 is 1. The van der Waals surface area contributed by atoms with Crippen molar-refractivity contribution in [1.82, 2.24) is 9.88 Å². The number of Topliss-reactive ketones (excluding diaryl/α,β-unsaturated/α-hetero) is 1. The minimum Gasteiger partial charge on any atom is -0.488 e. The van der Waals surface area contributed by atoms with Gasteiger partial charge in [-0.05, 0) is 71.4 Å². The van der Waals surface area contributed by atoms with Crippen molar-refractivity contribution in [3.63, 3.8) is 0 Å². The first-order chi connectivity index (χ1) is 22.8. The third kappa shape index (κ3) is 8.13. The summed E-state index contributed by atoms with van der Waals surface area (Å²) in [7, 11) is 1.34. The van der Waals surface area contributed by atoms with Crippen molar-refractivity contribution in [2.24, 2.45) is 17.3 Å². The lowest BCUT2D eigenvalue weighted by atomic mass is 9.91. The molecule has 2 aliphatic heterocycles. The zero-order valence-electron chi connectivity index (χ0n) is 28.6. The van der Waals surface area contributed by atoms with Crippen LogP contribution in [0, 0.1) is 17.3 Å². The van der Waals surface area contributed by atoms with Gasteiger partial charge in [-0.15, -0.1) is 0 Å². The highest BCUT2D eigenvalue weighted by atomic mass is 35.5. The number of allylic oxidation sites excluding steroid dienone is 2. The van der Waals surface area contributed by atoms with Gasteiger partial charge in [0, 0.05) is 30.2 Å². The predicted octanol–water partition coefficient (Wildman–Crippen LogP) is 6.64. The molecule has 0 spiro atoms. The number of para-hydroxylation sites is 1.